The molecule has 0 spiro atoms. The first kappa shape index (κ1) is 21.1. The van der Waals surface area contributed by atoms with E-state index in [1.165, 1.54) is 26.3 Å². The van der Waals surface area contributed by atoms with Crippen LogP contribution >= 0.6 is 23.2 Å². The fourth-order valence-electron chi connectivity index (χ4n) is 1.70. The summed E-state index contributed by atoms with van der Waals surface area (Å²) in [6.45, 7) is 6.67. The van der Waals surface area contributed by atoms with Crippen LogP contribution in [0.1, 0.15) is 33.3 Å². The Morgan fingerprint density at radius 1 is 1.12 bits per heavy atom. The van der Waals surface area contributed by atoms with Gasteiger partial charge in [-0.05, 0) is 27.7 Å². The van der Waals surface area contributed by atoms with Gasteiger partial charge in [0.15, 0.2) is 0 Å². The summed E-state index contributed by atoms with van der Waals surface area (Å²) in [6, 6.07) is 1.48. The molecule has 0 saturated carbocycles. The molecule has 1 rings (SSSR count). The summed E-state index contributed by atoms with van der Waals surface area (Å²) < 4.78 is 30.4. The van der Waals surface area contributed by atoms with Gasteiger partial charge in [-0.15, -0.1) is 0 Å². The lowest BCUT2D eigenvalue weighted by Gasteiger charge is -2.37. The van der Waals surface area contributed by atoms with Crippen molar-refractivity contribution < 1.29 is 23.6 Å². The topological polar surface area (TPSA) is 47.9 Å². The molecular formula is C16H22BCl2FO4. The molecule has 0 fully saturated rings. The molecule has 0 aliphatic carbocycles. The van der Waals surface area contributed by atoms with Gasteiger partial charge in [0, 0.05) is 6.07 Å². The zero-order valence-electron chi connectivity index (χ0n) is 14.7. The summed E-state index contributed by atoms with van der Waals surface area (Å²) in [7, 11) is 2.75. The second-order valence-electron chi connectivity index (χ2n) is 6.22. The van der Waals surface area contributed by atoms with Crippen molar-refractivity contribution >= 4 is 36.5 Å². The van der Waals surface area contributed by atoms with E-state index < -0.39 is 17.0 Å². The van der Waals surface area contributed by atoms with E-state index in [1.54, 1.807) is 27.7 Å². The Morgan fingerprint density at radius 2 is 1.58 bits per heavy atom. The van der Waals surface area contributed by atoms with E-state index in [0.717, 1.165) is 0 Å². The first-order chi connectivity index (χ1) is 11.0. The molecule has 0 heterocycles. The monoisotopic (exact) mass is 378 g/mol. The van der Waals surface area contributed by atoms with Gasteiger partial charge in [0.2, 0.25) is 0 Å². The second kappa shape index (κ2) is 7.96. The van der Waals surface area contributed by atoms with Gasteiger partial charge in [-0.1, -0.05) is 29.2 Å². The highest BCUT2D eigenvalue weighted by molar-refractivity contribution is 6.41. The summed E-state index contributed by atoms with van der Waals surface area (Å²) in [5.41, 5.74) is -1.99. The molecule has 0 atom stereocenters. The van der Waals surface area contributed by atoms with Crippen LogP contribution in [-0.2, 0) is 4.65 Å². The highest BCUT2D eigenvalue weighted by Gasteiger charge is 2.35. The van der Waals surface area contributed by atoms with Crippen LogP contribution in [0.25, 0.3) is 5.83 Å². The van der Waals surface area contributed by atoms with Gasteiger partial charge in [-0.25, -0.2) is 4.39 Å². The van der Waals surface area contributed by atoms with Gasteiger partial charge in [-0.3, -0.25) is 0 Å². The molecule has 1 aromatic rings. The molecule has 24 heavy (non-hydrogen) atoms. The van der Waals surface area contributed by atoms with E-state index in [9.17, 15) is 9.50 Å². The number of benzene rings is 1. The average molecular weight is 379 g/mol. The molecule has 0 aliphatic heterocycles. The van der Waals surface area contributed by atoms with E-state index in [2.05, 4.69) is 0 Å². The Morgan fingerprint density at radius 3 is 1.96 bits per heavy atom. The fourth-order valence-corrected chi connectivity index (χ4v) is 2.38. The largest absolute Gasteiger partial charge is 0.495 e. The maximum atomic E-state index is 14.6. The van der Waals surface area contributed by atoms with Crippen molar-refractivity contribution in [3.63, 3.8) is 0 Å². The zero-order valence-corrected chi connectivity index (χ0v) is 16.2. The van der Waals surface area contributed by atoms with Crippen LogP contribution in [-0.4, -0.2) is 38.0 Å². The minimum atomic E-state index is -1.09. The standard InChI is InChI=1S/C16H22BCl2FO4/c1-15(2,21)16(3,4)24-17-8-9(20)12-13(18)10(22-5)7-11(23-6)14(12)19/h7-8,17,21H,1-6H3/b9-8-. The van der Waals surface area contributed by atoms with Crippen molar-refractivity contribution in [1.82, 2.24) is 0 Å². The van der Waals surface area contributed by atoms with Crippen LogP contribution in [0.15, 0.2) is 12.0 Å². The summed E-state index contributed by atoms with van der Waals surface area (Å²) in [5.74, 6) is 1.01. The SMILES string of the molecule is COc1cc(OC)c(Cl)c(/C(F)=C/BOC(C)(C)C(C)(C)O)c1Cl. The van der Waals surface area contributed by atoms with Crippen LogP contribution in [0, 0.1) is 0 Å². The van der Waals surface area contributed by atoms with E-state index in [0.29, 0.717) is 0 Å². The molecule has 0 radical (unpaired) electrons. The molecule has 0 unspecified atom stereocenters. The first-order valence-electron chi connectivity index (χ1n) is 7.28. The molecule has 0 aliphatic rings. The summed E-state index contributed by atoms with van der Waals surface area (Å²) in [5, 5.41) is 10.1. The molecule has 0 saturated heterocycles. The molecule has 4 nitrogen and oxygen atoms in total. The maximum Gasteiger partial charge on any atom is 0.305 e. The Balaban J connectivity index is 3.13. The molecular weight excluding hydrogens is 357 g/mol. The Labute approximate surface area is 152 Å². The number of hydrogen-bond acceptors (Lipinski definition) is 4. The fraction of sp³-hybridized carbons (Fsp3) is 0.500. The van der Waals surface area contributed by atoms with Crippen molar-refractivity contribution in [1.29, 1.82) is 0 Å². The lowest BCUT2D eigenvalue weighted by molar-refractivity contribution is -0.0894. The third-order valence-corrected chi connectivity index (χ3v) is 4.74. The number of halogens is 3. The van der Waals surface area contributed by atoms with Gasteiger partial charge in [0.05, 0.1) is 41.0 Å². The summed E-state index contributed by atoms with van der Waals surface area (Å²) in [4.78, 5) is 0. The van der Waals surface area contributed by atoms with E-state index in [4.69, 9.17) is 37.3 Å². The summed E-state index contributed by atoms with van der Waals surface area (Å²) in [6.07, 6.45) is 0. The number of rotatable bonds is 7. The van der Waals surface area contributed by atoms with Gasteiger partial charge < -0.3 is 19.2 Å². The van der Waals surface area contributed by atoms with E-state index in [-0.39, 0.29) is 34.6 Å². The maximum absolute atomic E-state index is 14.6. The van der Waals surface area contributed by atoms with Gasteiger partial charge in [-0.2, -0.15) is 0 Å². The molecule has 1 aromatic carbocycles. The lowest BCUT2D eigenvalue weighted by atomic mass is 9.86. The molecule has 0 aromatic heterocycles. The van der Waals surface area contributed by atoms with Crippen molar-refractivity contribution in [2.45, 2.75) is 38.9 Å². The Kier molecular flexibility index (Phi) is 6.99. The van der Waals surface area contributed by atoms with Crippen LogP contribution in [0.2, 0.25) is 10.0 Å². The molecule has 0 bridgehead atoms. The minimum Gasteiger partial charge on any atom is -0.495 e. The highest BCUT2D eigenvalue weighted by atomic mass is 35.5. The number of ether oxygens (including phenoxy) is 2. The van der Waals surface area contributed by atoms with Gasteiger partial charge >= 0.3 is 7.48 Å². The van der Waals surface area contributed by atoms with Crippen molar-refractivity contribution in [2.75, 3.05) is 14.2 Å². The minimum absolute atomic E-state index is 0.0285. The molecule has 8 heteroatoms. The average Bonchev–Trinajstić information content (AvgIpc) is 2.46. The quantitative estimate of drug-likeness (QED) is 0.722. The molecule has 1 N–H and O–H groups in total. The van der Waals surface area contributed by atoms with Crippen LogP contribution < -0.4 is 9.47 Å². The van der Waals surface area contributed by atoms with E-state index >= 15 is 0 Å². The summed E-state index contributed by atoms with van der Waals surface area (Å²) >= 11 is 12.3. The van der Waals surface area contributed by atoms with Crippen LogP contribution in [0.4, 0.5) is 4.39 Å². The smallest absolute Gasteiger partial charge is 0.305 e. The van der Waals surface area contributed by atoms with Gasteiger partial charge in [0.1, 0.15) is 17.3 Å². The predicted molar refractivity (Wildman–Crippen MR) is 97.3 cm³/mol. The molecule has 134 valence electrons. The predicted octanol–water partition coefficient (Wildman–Crippen LogP) is 4.20. The van der Waals surface area contributed by atoms with E-state index in [1.807, 2.05) is 0 Å². The number of methoxy groups -OCH3 is 2. The Bertz CT molecular complexity index is 599. The van der Waals surface area contributed by atoms with Crippen molar-refractivity contribution in [3.8, 4) is 11.5 Å². The van der Waals surface area contributed by atoms with Crippen LogP contribution in [0.5, 0.6) is 11.5 Å². The highest BCUT2D eigenvalue weighted by Crippen LogP contribution is 2.43. The van der Waals surface area contributed by atoms with Crippen LogP contribution in [0.3, 0.4) is 0 Å². The number of hydrogen-bond donors (Lipinski definition) is 1. The third-order valence-electron chi connectivity index (χ3n) is 3.99. The number of aliphatic hydroxyl groups is 1. The van der Waals surface area contributed by atoms with Crippen molar-refractivity contribution in [3.05, 3.63) is 27.7 Å². The van der Waals surface area contributed by atoms with Gasteiger partial charge in [0.25, 0.3) is 0 Å². The normalized spacial score (nSPS) is 13.0. The lowest BCUT2D eigenvalue weighted by Crippen LogP contribution is -2.47. The van der Waals surface area contributed by atoms with Crippen molar-refractivity contribution in [2.24, 2.45) is 0 Å². The zero-order chi connectivity index (χ0) is 18.7. The molecule has 0 amide bonds. The third kappa shape index (κ3) is 4.57. The first-order valence-corrected chi connectivity index (χ1v) is 8.04. The second-order valence-corrected chi connectivity index (χ2v) is 6.97. The Hall–Kier alpha value is -0.945.